The molecule has 3 fully saturated rings. The van der Waals surface area contributed by atoms with E-state index < -0.39 is 11.6 Å². The second-order valence-corrected chi connectivity index (χ2v) is 10.2. The number of hydrogen-bond acceptors (Lipinski definition) is 6. The van der Waals surface area contributed by atoms with E-state index >= 15 is 4.39 Å². The van der Waals surface area contributed by atoms with Crippen LogP contribution in [-0.2, 0) is 0 Å². The quantitative estimate of drug-likeness (QED) is 0.307. The summed E-state index contributed by atoms with van der Waals surface area (Å²) < 4.78 is 31.2. The first-order valence-electron chi connectivity index (χ1n) is 12.2. The van der Waals surface area contributed by atoms with E-state index in [0.717, 1.165) is 25.9 Å². The molecule has 1 saturated heterocycles. The standard InChI is InChI=1S/C28H27F2N5O/c1-4-16-20(29)8-5-13-9-15(36)10-17(21(13)16)26-24(30)27(33-14-6-7-14)23(28(34-26)35(2)3)25(31)22-18-11-32-12-19(18)22/h1,5,8-10,14,18-19,22,31-32,36H,6-7,11-12H2,2-3H3,(H,33,34). The number of piperidine rings is 1. The molecule has 2 heterocycles. The summed E-state index contributed by atoms with van der Waals surface area (Å²) in [4.78, 5) is 6.48. The molecule has 2 aliphatic carbocycles. The van der Waals surface area contributed by atoms with Gasteiger partial charge in [-0.25, -0.2) is 13.8 Å². The van der Waals surface area contributed by atoms with Crippen LogP contribution < -0.4 is 15.5 Å². The zero-order chi connectivity index (χ0) is 25.3. The van der Waals surface area contributed by atoms with E-state index in [1.54, 1.807) is 4.90 Å². The van der Waals surface area contributed by atoms with E-state index in [-0.39, 0.29) is 40.2 Å². The number of aromatic hydroxyl groups is 1. The summed E-state index contributed by atoms with van der Waals surface area (Å²) in [5, 5.41) is 27.0. The molecule has 1 aromatic heterocycles. The molecule has 3 aliphatic rings. The van der Waals surface area contributed by atoms with E-state index in [2.05, 4.69) is 16.6 Å². The molecule has 1 aliphatic heterocycles. The molecular formula is C28H27F2N5O. The summed E-state index contributed by atoms with van der Waals surface area (Å²) in [6.45, 7) is 1.73. The molecule has 4 N–H and O–H groups in total. The topological polar surface area (TPSA) is 84.3 Å². The lowest BCUT2D eigenvalue weighted by molar-refractivity contribution is 0.476. The number of nitrogens with zero attached hydrogens (tertiary/aromatic N) is 2. The van der Waals surface area contributed by atoms with Gasteiger partial charge in [0.05, 0.1) is 16.8 Å². The van der Waals surface area contributed by atoms with Crippen molar-refractivity contribution in [1.82, 2.24) is 10.3 Å². The van der Waals surface area contributed by atoms with Crippen molar-refractivity contribution in [3.63, 3.8) is 0 Å². The van der Waals surface area contributed by atoms with Crippen LogP contribution >= 0.6 is 0 Å². The summed E-state index contributed by atoms with van der Waals surface area (Å²) in [6, 6.07) is 5.71. The number of aromatic nitrogens is 1. The molecule has 2 saturated carbocycles. The molecule has 2 unspecified atom stereocenters. The highest BCUT2D eigenvalue weighted by Gasteiger charge is 2.56. The number of hydrogen-bond donors (Lipinski definition) is 4. The second-order valence-electron chi connectivity index (χ2n) is 10.2. The smallest absolute Gasteiger partial charge is 0.173 e. The number of phenols is 1. The van der Waals surface area contributed by atoms with Gasteiger partial charge >= 0.3 is 0 Å². The fourth-order valence-corrected chi connectivity index (χ4v) is 5.64. The summed E-state index contributed by atoms with van der Waals surface area (Å²) >= 11 is 0. The molecule has 2 atom stereocenters. The molecule has 6 rings (SSSR count). The van der Waals surface area contributed by atoms with E-state index in [1.807, 2.05) is 14.1 Å². The predicted octanol–water partition coefficient (Wildman–Crippen LogP) is 4.34. The van der Waals surface area contributed by atoms with E-state index in [4.69, 9.17) is 16.8 Å². The summed E-state index contributed by atoms with van der Waals surface area (Å²) in [5.74, 6) is 2.35. The Balaban J connectivity index is 1.62. The van der Waals surface area contributed by atoms with Crippen molar-refractivity contribution in [1.29, 1.82) is 5.41 Å². The minimum absolute atomic E-state index is 0.0121. The number of pyridine rings is 1. The average Bonchev–Trinajstić information content (AvgIpc) is 3.75. The SMILES string of the molecule is C#Cc1c(F)ccc2cc(O)cc(-c3nc(N(C)C)c(C(=N)C4C5CNCC54)c(NC4CC4)c3F)c12. The lowest BCUT2D eigenvalue weighted by Crippen LogP contribution is -2.24. The highest BCUT2D eigenvalue weighted by Crippen LogP contribution is 2.52. The van der Waals surface area contributed by atoms with Crippen molar-refractivity contribution in [2.75, 3.05) is 37.4 Å². The van der Waals surface area contributed by atoms with Gasteiger partial charge in [-0.1, -0.05) is 12.0 Å². The highest BCUT2D eigenvalue weighted by molar-refractivity contribution is 6.11. The third-order valence-electron chi connectivity index (χ3n) is 7.61. The van der Waals surface area contributed by atoms with Crippen LogP contribution in [-0.4, -0.2) is 49.0 Å². The van der Waals surface area contributed by atoms with E-state index in [1.165, 1.54) is 24.3 Å². The molecule has 0 radical (unpaired) electrons. The first-order valence-corrected chi connectivity index (χ1v) is 12.2. The van der Waals surface area contributed by atoms with Crippen LogP contribution in [0.4, 0.5) is 20.3 Å². The first-order chi connectivity index (χ1) is 17.3. The van der Waals surface area contributed by atoms with E-state index in [0.29, 0.717) is 39.7 Å². The zero-order valence-corrected chi connectivity index (χ0v) is 20.1. The Labute approximate surface area is 208 Å². The Morgan fingerprint density at radius 2 is 1.94 bits per heavy atom. The maximum atomic E-state index is 16.5. The first kappa shape index (κ1) is 22.7. The highest BCUT2D eigenvalue weighted by atomic mass is 19.1. The van der Waals surface area contributed by atoms with Crippen LogP contribution in [0.3, 0.4) is 0 Å². The van der Waals surface area contributed by atoms with Gasteiger partial charge in [0, 0.05) is 42.7 Å². The van der Waals surface area contributed by atoms with Crippen molar-refractivity contribution in [3.05, 3.63) is 47.0 Å². The van der Waals surface area contributed by atoms with Gasteiger partial charge in [-0.05, 0) is 61.4 Å². The number of benzene rings is 2. The van der Waals surface area contributed by atoms with Gasteiger partial charge in [0.15, 0.2) is 5.82 Å². The fourth-order valence-electron chi connectivity index (χ4n) is 5.64. The van der Waals surface area contributed by atoms with Crippen LogP contribution in [0.2, 0.25) is 0 Å². The minimum atomic E-state index is -0.629. The summed E-state index contributed by atoms with van der Waals surface area (Å²) in [6.07, 6.45) is 7.49. The molecule has 6 nitrogen and oxygen atoms in total. The maximum absolute atomic E-state index is 16.5. The molecule has 36 heavy (non-hydrogen) atoms. The Kier molecular flexibility index (Phi) is 5.16. The Bertz CT molecular complexity index is 1460. The van der Waals surface area contributed by atoms with Crippen molar-refractivity contribution in [2.45, 2.75) is 18.9 Å². The average molecular weight is 488 g/mol. The van der Waals surface area contributed by atoms with Crippen molar-refractivity contribution in [2.24, 2.45) is 17.8 Å². The fraction of sp³-hybridized carbons (Fsp3) is 0.357. The van der Waals surface area contributed by atoms with Crippen LogP contribution in [0, 0.1) is 47.1 Å². The number of fused-ring (bicyclic) bond motifs is 2. The third-order valence-corrected chi connectivity index (χ3v) is 7.61. The summed E-state index contributed by atoms with van der Waals surface area (Å²) in [7, 11) is 3.62. The van der Waals surface area contributed by atoms with Crippen LogP contribution in [0.1, 0.15) is 24.0 Å². The van der Waals surface area contributed by atoms with Gasteiger partial charge in [0.25, 0.3) is 0 Å². The number of phenolic OH excluding ortho intramolecular Hbond substituents is 1. The van der Waals surface area contributed by atoms with Gasteiger partial charge in [-0.2, -0.15) is 0 Å². The lowest BCUT2D eigenvalue weighted by atomic mass is 9.94. The number of halogens is 2. The van der Waals surface area contributed by atoms with Gasteiger partial charge in [-0.3, -0.25) is 0 Å². The monoisotopic (exact) mass is 487 g/mol. The van der Waals surface area contributed by atoms with Crippen molar-refractivity contribution >= 4 is 28.0 Å². The molecule has 184 valence electrons. The number of nitrogens with one attached hydrogen (secondary N) is 3. The van der Waals surface area contributed by atoms with Gasteiger partial charge < -0.3 is 26.0 Å². The normalized spacial score (nSPS) is 22.2. The molecule has 8 heteroatoms. The molecule has 0 bridgehead atoms. The van der Waals surface area contributed by atoms with Crippen molar-refractivity contribution < 1.29 is 13.9 Å². The molecular weight excluding hydrogens is 460 g/mol. The maximum Gasteiger partial charge on any atom is 0.173 e. The van der Waals surface area contributed by atoms with Crippen LogP contribution in [0.25, 0.3) is 22.0 Å². The molecule has 3 aromatic rings. The van der Waals surface area contributed by atoms with Gasteiger partial charge in [0.2, 0.25) is 0 Å². The third kappa shape index (κ3) is 3.49. The Hall–Kier alpha value is -3.70. The predicted molar refractivity (Wildman–Crippen MR) is 138 cm³/mol. The number of anilines is 2. The lowest BCUT2D eigenvalue weighted by Gasteiger charge is -2.24. The second kappa shape index (κ2) is 8.17. The summed E-state index contributed by atoms with van der Waals surface area (Å²) in [5.41, 5.74) is 1.26. The molecule has 0 spiro atoms. The van der Waals surface area contributed by atoms with Crippen LogP contribution in [0.5, 0.6) is 5.75 Å². The largest absolute Gasteiger partial charge is 0.508 e. The Morgan fingerprint density at radius 1 is 1.22 bits per heavy atom. The van der Waals surface area contributed by atoms with Gasteiger partial charge in [0.1, 0.15) is 23.1 Å². The van der Waals surface area contributed by atoms with Crippen molar-refractivity contribution in [3.8, 4) is 29.4 Å². The zero-order valence-electron chi connectivity index (χ0n) is 20.1. The van der Waals surface area contributed by atoms with E-state index in [9.17, 15) is 9.50 Å². The molecule has 0 amide bonds. The number of rotatable bonds is 6. The minimum Gasteiger partial charge on any atom is -0.508 e. The number of terminal acetylenes is 1. The van der Waals surface area contributed by atoms with Gasteiger partial charge in [-0.15, -0.1) is 6.42 Å². The Morgan fingerprint density at radius 3 is 2.58 bits per heavy atom. The van der Waals surface area contributed by atoms with Crippen LogP contribution in [0.15, 0.2) is 24.3 Å². The molecule has 2 aromatic carbocycles.